The number of nitrogens with one attached hydrogen (secondary N) is 1. The zero-order chi connectivity index (χ0) is 13.8. The Morgan fingerprint density at radius 2 is 1.79 bits per heavy atom. The number of carbonyl (C=O) groups excluding carboxylic acids is 1. The molecule has 3 N–H and O–H groups in total. The summed E-state index contributed by atoms with van der Waals surface area (Å²) < 4.78 is 5.22. The summed E-state index contributed by atoms with van der Waals surface area (Å²) >= 11 is 0. The quantitative estimate of drug-likeness (QED) is 0.683. The van der Waals surface area contributed by atoms with E-state index in [2.05, 4.69) is 5.32 Å². The van der Waals surface area contributed by atoms with Crippen molar-refractivity contribution in [2.24, 2.45) is 5.92 Å². The summed E-state index contributed by atoms with van der Waals surface area (Å²) in [4.78, 5) is 22.8. The van der Waals surface area contributed by atoms with Crippen molar-refractivity contribution in [1.29, 1.82) is 0 Å². The zero-order valence-electron chi connectivity index (χ0n) is 10.9. The maximum Gasteiger partial charge on any atom is 0.332 e. The minimum atomic E-state index is -1.01. The molecule has 4 unspecified atom stereocenters. The highest BCUT2D eigenvalue weighted by Crippen LogP contribution is 2.25. The molecular formula is C13H21NO5. The van der Waals surface area contributed by atoms with Gasteiger partial charge in [0, 0.05) is 18.6 Å². The molecule has 0 radical (unpaired) electrons. The summed E-state index contributed by atoms with van der Waals surface area (Å²) in [7, 11) is 0. The Labute approximate surface area is 112 Å². The fourth-order valence-corrected chi connectivity index (χ4v) is 2.90. The predicted octanol–water partition coefficient (Wildman–Crippen LogP) is 0.286. The molecule has 0 aromatic rings. The van der Waals surface area contributed by atoms with Crippen LogP contribution in [0, 0.1) is 5.92 Å². The van der Waals surface area contributed by atoms with Crippen LogP contribution in [0.5, 0.6) is 0 Å². The van der Waals surface area contributed by atoms with Crippen LogP contribution >= 0.6 is 0 Å². The molecule has 0 bridgehead atoms. The van der Waals surface area contributed by atoms with Gasteiger partial charge in [-0.2, -0.15) is 0 Å². The van der Waals surface area contributed by atoms with Crippen molar-refractivity contribution >= 4 is 11.9 Å². The first-order valence-corrected chi connectivity index (χ1v) is 6.91. The summed E-state index contributed by atoms with van der Waals surface area (Å²) in [5.41, 5.74) is 0. The lowest BCUT2D eigenvalue weighted by Crippen LogP contribution is -2.47. The molecular weight excluding hydrogens is 250 g/mol. The van der Waals surface area contributed by atoms with Gasteiger partial charge in [-0.1, -0.05) is 12.8 Å². The van der Waals surface area contributed by atoms with Gasteiger partial charge < -0.3 is 20.3 Å². The van der Waals surface area contributed by atoms with Crippen molar-refractivity contribution in [1.82, 2.24) is 5.32 Å². The lowest BCUT2D eigenvalue weighted by Gasteiger charge is -2.31. The van der Waals surface area contributed by atoms with Crippen molar-refractivity contribution in [2.75, 3.05) is 6.61 Å². The molecule has 1 aliphatic carbocycles. The minimum absolute atomic E-state index is 0.0151. The van der Waals surface area contributed by atoms with Gasteiger partial charge in [0.25, 0.3) is 0 Å². The van der Waals surface area contributed by atoms with Gasteiger partial charge in [-0.05, 0) is 25.7 Å². The van der Waals surface area contributed by atoms with E-state index in [1.54, 1.807) is 0 Å². The number of aliphatic carboxylic acids is 1. The fourth-order valence-electron chi connectivity index (χ4n) is 2.90. The molecule has 19 heavy (non-hydrogen) atoms. The van der Waals surface area contributed by atoms with Gasteiger partial charge in [0.2, 0.25) is 5.91 Å². The minimum Gasteiger partial charge on any atom is -0.479 e. The molecule has 0 spiro atoms. The molecule has 1 heterocycles. The third kappa shape index (κ3) is 3.45. The van der Waals surface area contributed by atoms with Crippen molar-refractivity contribution < 1.29 is 24.5 Å². The molecule has 0 aromatic heterocycles. The summed E-state index contributed by atoms with van der Waals surface area (Å²) in [6, 6.07) is -0.0151. The molecule has 1 aliphatic heterocycles. The molecule has 6 nitrogen and oxygen atoms in total. The molecule has 1 saturated heterocycles. The molecule has 4 atom stereocenters. The number of hydrogen-bond donors (Lipinski definition) is 3. The average molecular weight is 271 g/mol. The van der Waals surface area contributed by atoms with Crippen LogP contribution in [0.3, 0.4) is 0 Å². The Hall–Kier alpha value is -1.14. The van der Waals surface area contributed by atoms with Gasteiger partial charge >= 0.3 is 5.97 Å². The first-order valence-electron chi connectivity index (χ1n) is 6.91. The van der Waals surface area contributed by atoms with E-state index in [-0.39, 0.29) is 24.5 Å². The topological polar surface area (TPSA) is 95.9 Å². The number of hydrogen-bond acceptors (Lipinski definition) is 4. The van der Waals surface area contributed by atoms with Crippen LogP contribution in [-0.4, -0.2) is 46.9 Å². The summed E-state index contributed by atoms with van der Waals surface area (Å²) in [6.07, 6.45) is 3.21. The SMILES string of the molecule is O=C(O)C1CCC(C(=O)NC2CCCCC2CO)O1. The number of carbonyl (C=O) groups is 2. The van der Waals surface area contributed by atoms with Crippen LogP contribution in [0.1, 0.15) is 38.5 Å². The fraction of sp³-hybridized carbons (Fsp3) is 0.846. The Morgan fingerprint density at radius 3 is 2.42 bits per heavy atom. The maximum atomic E-state index is 12.0. The van der Waals surface area contributed by atoms with E-state index in [4.69, 9.17) is 9.84 Å². The number of carboxylic acid groups (broad SMARTS) is 1. The molecule has 1 amide bonds. The van der Waals surface area contributed by atoms with Crippen molar-refractivity contribution in [3.8, 4) is 0 Å². The van der Waals surface area contributed by atoms with Crippen LogP contribution in [0.15, 0.2) is 0 Å². The molecule has 2 rings (SSSR count). The molecule has 2 aliphatic rings. The van der Waals surface area contributed by atoms with Crippen LogP contribution < -0.4 is 5.32 Å². The summed E-state index contributed by atoms with van der Waals surface area (Å²) in [5.74, 6) is -1.15. The van der Waals surface area contributed by atoms with Crippen LogP contribution in [0.2, 0.25) is 0 Å². The molecule has 6 heteroatoms. The first-order chi connectivity index (χ1) is 9.11. The number of aliphatic hydroxyl groups excluding tert-OH is 1. The zero-order valence-corrected chi connectivity index (χ0v) is 10.9. The van der Waals surface area contributed by atoms with Crippen molar-refractivity contribution in [3.05, 3.63) is 0 Å². The van der Waals surface area contributed by atoms with Gasteiger partial charge in [0.05, 0.1) is 0 Å². The van der Waals surface area contributed by atoms with Crippen molar-refractivity contribution in [2.45, 2.75) is 56.8 Å². The molecule has 1 saturated carbocycles. The Kier molecular flexibility index (Phi) is 4.76. The van der Waals surface area contributed by atoms with Crippen LogP contribution in [-0.2, 0) is 14.3 Å². The standard InChI is InChI=1S/C13H21NO5/c15-7-8-3-1-2-4-9(8)14-12(16)10-5-6-11(19-10)13(17)18/h8-11,15H,1-7H2,(H,14,16)(H,17,18). The Bertz CT molecular complexity index is 346. The number of ether oxygens (including phenoxy) is 1. The summed E-state index contributed by atoms with van der Waals surface area (Å²) in [6.45, 7) is 0.0776. The van der Waals surface area contributed by atoms with Gasteiger partial charge in [0.15, 0.2) is 6.10 Å². The van der Waals surface area contributed by atoms with E-state index in [1.807, 2.05) is 0 Å². The number of amides is 1. The maximum absolute atomic E-state index is 12.0. The van der Waals surface area contributed by atoms with Crippen molar-refractivity contribution in [3.63, 3.8) is 0 Å². The third-order valence-electron chi connectivity index (χ3n) is 4.06. The van der Waals surface area contributed by atoms with E-state index in [1.165, 1.54) is 0 Å². The third-order valence-corrected chi connectivity index (χ3v) is 4.06. The number of aliphatic hydroxyl groups is 1. The second-order valence-electron chi connectivity index (χ2n) is 5.37. The lowest BCUT2D eigenvalue weighted by molar-refractivity contribution is -0.152. The highest BCUT2D eigenvalue weighted by atomic mass is 16.5. The van der Waals surface area contributed by atoms with Gasteiger partial charge in [-0.15, -0.1) is 0 Å². The normalized spacial score (nSPS) is 35.0. The molecule has 108 valence electrons. The molecule has 0 aromatic carbocycles. The predicted molar refractivity (Wildman–Crippen MR) is 66.5 cm³/mol. The van der Waals surface area contributed by atoms with Gasteiger partial charge in [-0.25, -0.2) is 4.79 Å². The Morgan fingerprint density at radius 1 is 1.11 bits per heavy atom. The smallest absolute Gasteiger partial charge is 0.332 e. The first kappa shape index (κ1) is 14.3. The van der Waals surface area contributed by atoms with Gasteiger partial charge in [-0.3, -0.25) is 4.79 Å². The average Bonchev–Trinajstić information content (AvgIpc) is 2.89. The van der Waals surface area contributed by atoms with E-state index in [9.17, 15) is 14.7 Å². The van der Waals surface area contributed by atoms with E-state index in [0.717, 1.165) is 25.7 Å². The lowest BCUT2D eigenvalue weighted by atomic mass is 9.85. The number of rotatable bonds is 4. The number of carboxylic acids is 1. The molecule has 2 fully saturated rings. The monoisotopic (exact) mass is 271 g/mol. The van der Waals surface area contributed by atoms with E-state index < -0.39 is 18.2 Å². The Balaban J connectivity index is 1.85. The van der Waals surface area contributed by atoms with Crippen LogP contribution in [0.25, 0.3) is 0 Å². The summed E-state index contributed by atoms with van der Waals surface area (Å²) in [5, 5.41) is 21.0. The van der Waals surface area contributed by atoms with Crippen LogP contribution in [0.4, 0.5) is 0 Å². The second kappa shape index (κ2) is 6.34. The van der Waals surface area contributed by atoms with E-state index in [0.29, 0.717) is 12.8 Å². The second-order valence-corrected chi connectivity index (χ2v) is 5.37. The van der Waals surface area contributed by atoms with E-state index >= 15 is 0 Å². The van der Waals surface area contributed by atoms with Gasteiger partial charge in [0.1, 0.15) is 6.10 Å². The highest BCUT2D eigenvalue weighted by molar-refractivity contribution is 5.82. The highest BCUT2D eigenvalue weighted by Gasteiger charge is 2.36. The largest absolute Gasteiger partial charge is 0.479 e.